The third-order valence-electron chi connectivity index (χ3n) is 6.08. The number of anilines is 2. The molecule has 164 valence electrons. The van der Waals surface area contributed by atoms with Crippen molar-refractivity contribution in [2.75, 3.05) is 62.8 Å². The van der Waals surface area contributed by atoms with E-state index in [4.69, 9.17) is 9.47 Å². The average molecular weight is 420 g/mol. The molecule has 1 aromatic carbocycles. The van der Waals surface area contributed by atoms with Crippen molar-refractivity contribution in [3.05, 3.63) is 24.0 Å². The van der Waals surface area contributed by atoms with Crippen LogP contribution in [0.1, 0.15) is 19.3 Å². The molecule has 2 N–H and O–H groups in total. The number of ether oxygens (including phenoxy) is 2. The molecule has 3 aliphatic heterocycles. The van der Waals surface area contributed by atoms with Gasteiger partial charge in [-0.05, 0) is 31.0 Å². The van der Waals surface area contributed by atoms with Crippen molar-refractivity contribution in [3.8, 4) is 0 Å². The zero-order valence-electron chi connectivity index (χ0n) is 17.1. The normalized spacial score (nSPS) is 23.6. The average Bonchev–Trinajstić information content (AvgIpc) is 3.43. The molecule has 3 aliphatic rings. The van der Waals surface area contributed by atoms with Gasteiger partial charge in [0.25, 0.3) is 0 Å². The Kier molecular flexibility index (Phi) is 6.81. The smallest absolute Gasteiger partial charge is 0.319 e. The number of hydrogen-bond acceptors (Lipinski definition) is 5. The second kappa shape index (κ2) is 9.72. The predicted octanol–water partition coefficient (Wildman–Crippen LogP) is 1.81. The van der Waals surface area contributed by atoms with E-state index in [0.29, 0.717) is 50.9 Å². The Bertz CT molecular complexity index is 765. The second-order valence-electron chi connectivity index (χ2n) is 7.99. The van der Waals surface area contributed by atoms with Gasteiger partial charge < -0.3 is 25.0 Å². The zero-order chi connectivity index (χ0) is 20.9. The Morgan fingerprint density at radius 3 is 2.73 bits per heavy atom. The zero-order valence-corrected chi connectivity index (χ0v) is 17.1. The second-order valence-corrected chi connectivity index (χ2v) is 7.99. The summed E-state index contributed by atoms with van der Waals surface area (Å²) in [5.41, 5.74) is 0.667. The van der Waals surface area contributed by atoms with E-state index >= 15 is 0 Å². The maximum atomic E-state index is 14.3. The highest BCUT2D eigenvalue weighted by Gasteiger charge is 2.32. The van der Waals surface area contributed by atoms with Gasteiger partial charge in [-0.3, -0.25) is 9.69 Å². The highest BCUT2D eigenvalue weighted by atomic mass is 19.1. The van der Waals surface area contributed by atoms with E-state index in [2.05, 4.69) is 15.5 Å². The molecule has 0 bridgehead atoms. The fraction of sp³-hybridized carbons (Fsp3) is 0.619. The van der Waals surface area contributed by atoms with E-state index in [0.717, 1.165) is 32.5 Å². The van der Waals surface area contributed by atoms with Crippen LogP contribution in [0.5, 0.6) is 0 Å². The summed E-state index contributed by atoms with van der Waals surface area (Å²) >= 11 is 0. The van der Waals surface area contributed by atoms with Crippen molar-refractivity contribution < 1.29 is 23.5 Å². The van der Waals surface area contributed by atoms with E-state index in [-0.39, 0.29) is 17.6 Å². The van der Waals surface area contributed by atoms with Crippen molar-refractivity contribution in [3.63, 3.8) is 0 Å². The van der Waals surface area contributed by atoms with Crippen molar-refractivity contribution in [2.45, 2.75) is 25.3 Å². The molecule has 3 heterocycles. The quantitative estimate of drug-likeness (QED) is 0.734. The molecule has 2 unspecified atom stereocenters. The Labute approximate surface area is 175 Å². The first kappa shape index (κ1) is 21.0. The number of benzene rings is 1. The van der Waals surface area contributed by atoms with E-state index in [1.165, 1.54) is 12.1 Å². The lowest BCUT2D eigenvalue weighted by atomic mass is 9.97. The largest absolute Gasteiger partial charge is 0.381 e. The molecule has 2 atom stereocenters. The number of nitrogens with zero attached hydrogens (tertiary/aromatic N) is 2. The molecule has 0 aromatic heterocycles. The summed E-state index contributed by atoms with van der Waals surface area (Å²) in [4.78, 5) is 28.4. The highest BCUT2D eigenvalue weighted by molar-refractivity contribution is 5.96. The van der Waals surface area contributed by atoms with Crippen LogP contribution in [0.25, 0.3) is 0 Å². The number of urea groups is 1. The topological polar surface area (TPSA) is 83.1 Å². The van der Waals surface area contributed by atoms with Crippen LogP contribution < -0.4 is 15.5 Å². The first-order valence-corrected chi connectivity index (χ1v) is 10.7. The Balaban J connectivity index is 1.37. The Morgan fingerprint density at radius 2 is 2.03 bits per heavy atom. The number of halogens is 1. The molecule has 30 heavy (non-hydrogen) atoms. The van der Waals surface area contributed by atoms with E-state index in [9.17, 15) is 14.0 Å². The minimum Gasteiger partial charge on any atom is -0.381 e. The summed E-state index contributed by atoms with van der Waals surface area (Å²) in [6.07, 6.45) is 2.24. The van der Waals surface area contributed by atoms with Crippen molar-refractivity contribution in [1.29, 1.82) is 0 Å². The van der Waals surface area contributed by atoms with Crippen LogP contribution in [0, 0.1) is 11.7 Å². The molecule has 1 aromatic rings. The highest BCUT2D eigenvalue weighted by Crippen LogP contribution is 2.26. The minimum absolute atomic E-state index is 0.0177. The standard InChI is InChI=1S/C21H29FN4O4/c22-17-4-3-16(26-6-1-2-20(26)27)12-18(17)24-21(28)23-13-19(15-5-9-30-14-15)25-7-10-29-11-8-25/h3-4,12,15,19H,1-2,5-11,13-14H2,(H2,23,24,28). The van der Waals surface area contributed by atoms with Crippen LogP contribution in [0.4, 0.5) is 20.6 Å². The summed E-state index contributed by atoms with van der Waals surface area (Å²) in [7, 11) is 0. The van der Waals surface area contributed by atoms with Gasteiger partial charge in [0, 0.05) is 56.9 Å². The molecule has 3 saturated heterocycles. The van der Waals surface area contributed by atoms with Crippen molar-refractivity contribution >= 4 is 23.3 Å². The van der Waals surface area contributed by atoms with Gasteiger partial charge in [-0.2, -0.15) is 0 Å². The van der Waals surface area contributed by atoms with Crippen LogP contribution in [-0.4, -0.2) is 75.5 Å². The van der Waals surface area contributed by atoms with E-state index in [1.54, 1.807) is 11.0 Å². The first-order chi connectivity index (χ1) is 14.6. The van der Waals surface area contributed by atoms with Crippen LogP contribution in [0.2, 0.25) is 0 Å². The lowest BCUT2D eigenvalue weighted by molar-refractivity contribution is -0.117. The monoisotopic (exact) mass is 420 g/mol. The molecule has 3 fully saturated rings. The lowest BCUT2D eigenvalue weighted by Gasteiger charge is -2.37. The molecule has 0 radical (unpaired) electrons. The molecule has 9 heteroatoms. The van der Waals surface area contributed by atoms with Gasteiger partial charge >= 0.3 is 6.03 Å². The van der Waals surface area contributed by atoms with Gasteiger partial charge in [0.05, 0.1) is 25.5 Å². The van der Waals surface area contributed by atoms with Crippen LogP contribution in [-0.2, 0) is 14.3 Å². The molecular weight excluding hydrogens is 391 g/mol. The van der Waals surface area contributed by atoms with Crippen LogP contribution in [0.15, 0.2) is 18.2 Å². The minimum atomic E-state index is -0.533. The fourth-order valence-corrected chi connectivity index (χ4v) is 4.42. The number of amides is 3. The summed E-state index contributed by atoms with van der Waals surface area (Å²) in [5.74, 6) is -0.164. The third-order valence-corrected chi connectivity index (χ3v) is 6.08. The molecule has 0 spiro atoms. The first-order valence-electron chi connectivity index (χ1n) is 10.7. The van der Waals surface area contributed by atoms with Gasteiger partial charge in [0.2, 0.25) is 5.91 Å². The SMILES string of the molecule is O=C(NCC(C1CCOC1)N1CCOCC1)Nc1cc(N2CCCC2=O)ccc1F. The lowest BCUT2D eigenvalue weighted by Crippen LogP contribution is -2.52. The number of morpholine rings is 1. The Hall–Kier alpha value is -2.23. The van der Waals surface area contributed by atoms with Crippen LogP contribution in [0.3, 0.4) is 0 Å². The number of rotatable bonds is 6. The number of carbonyl (C=O) groups is 2. The summed E-state index contributed by atoms with van der Waals surface area (Å²) in [5, 5.41) is 5.50. The van der Waals surface area contributed by atoms with Crippen LogP contribution >= 0.6 is 0 Å². The molecule has 3 amide bonds. The number of nitrogens with one attached hydrogen (secondary N) is 2. The van der Waals surface area contributed by atoms with Crippen molar-refractivity contribution in [1.82, 2.24) is 10.2 Å². The molecular formula is C21H29FN4O4. The van der Waals surface area contributed by atoms with Crippen molar-refractivity contribution in [2.24, 2.45) is 5.92 Å². The van der Waals surface area contributed by atoms with E-state index in [1.807, 2.05) is 0 Å². The Morgan fingerprint density at radius 1 is 1.20 bits per heavy atom. The number of hydrogen-bond donors (Lipinski definition) is 2. The fourth-order valence-electron chi connectivity index (χ4n) is 4.42. The van der Waals surface area contributed by atoms with Gasteiger partial charge in [-0.15, -0.1) is 0 Å². The van der Waals surface area contributed by atoms with E-state index < -0.39 is 11.8 Å². The summed E-state index contributed by atoms with van der Waals surface area (Å²) < 4.78 is 25.3. The summed E-state index contributed by atoms with van der Waals surface area (Å²) in [6, 6.07) is 4.05. The molecule has 4 rings (SSSR count). The maximum Gasteiger partial charge on any atom is 0.319 e. The van der Waals surface area contributed by atoms with Gasteiger partial charge in [0.15, 0.2) is 0 Å². The molecule has 0 saturated carbocycles. The molecule has 8 nitrogen and oxygen atoms in total. The number of carbonyl (C=O) groups excluding carboxylic acids is 2. The molecule has 0 aliphatic carbocycles. The van der Waals surface area contributed by atoms with Gasteiger partial charge in [-0.1, -0.05) is 0 Å². The maximum absolute atomic E-state index is 14.3. The predicted molar refractivity (Wildman–Crippen MR) is 110 cm³/mol. The third kappa shape index (κ3) is 4.91. The summed E-state index contributed by atoms with van der Waals surface area (Å²) in [6.45, 7) is 5.51. The van der Waals surface area contributed by atoms with Gasteiger partial charge in [0.1, 0.15) is 5.82 Å². The van der Waals surface area contributed by atoms with Gasteiger partial charge in [-0.25, -0.2) is 9.18 Å².